The van der Waals surface area contributed by atoms with Crippen molar-refractivity contribution in [1.29, 1.82) is 5.26 Å². The van der Waals surface area contributed by atoms with Gasteiger partial charge in [-0.25, -0.2) is 0 Å². The highest BCUT2D eigenvalue weighted by Crippen LogP contribution is 2.46. The van der Waals surface area contributed by atoms with Crippen molar-refractivity contribution in [3.63, 3.8) is 0 Å². The predicted molar refractivity (Wildman–Crippen MR) is 124 cm³/mol. The van der Waals surface area contributed by atoms with E-state index in [1.54, 1.807) is 6.07 Å². The Morgan fingerprint density at radius 2 is 1.94 bits per heavy atom. The number of fused-ring (bicyclic) bond motifs is 4. The van der Waals surface area contributed by atoms with E-state index in [9.17, 15) is 10.1 Å². The molecule has 1 saturated heterocycles. The first kappa shape index (κ1) is 20.0. The van der Waals surface area contributed by atoms with Gasteiger partial charge in [0.15, 0.2) is 5.78 Å². The van der Waals surface area contributed by atoms with Gasteiger partial charge in [-0.05, 0) is 80.2 Å². The van der Waals surface area contributed by atoms with E-state index in [4.69, 9.17) is 0 Å². The van der Waals surface area contributed by atoms with Gasteiger partial charge in [-0.2, -0.15) is 5.26 Å². The van der Waals surface area contributed by atoms with Gasteiger partial charge in [0.05, 0.1) is 17.2 Å². The average molecular weight is 412 g/mol. The summed E-state index contributed by atoms with van der Waals surface area (Å²) in [6.45, 7) is 8.86. The molecule has 1 fully saturated rings. The predicted octanol–water partition coefficient (Wildman–Crippen LogP) is 5.28. The van der Waals surface area contributed by atoms with Crippen molar-refractivity contribution in [1.82, 2.24) is 9.88 Å². The van der Waals surface area contributed by atoms with Gasteiger partial charge in [-0.15, -0.1) is 0 Å². The minimum absolute atomic E-state index is 0.102. The third-order valence-corrected chi connectivity index (χ3v) is 7.52. The van der Waals surface area contributed by atoms with E-state index in [0.717, 1.165) is 52.8 Å². The van der Waals surface area contributed by atoms with Crippen LogP contribution in [0.5, 0.6) is 0 Å². The molecule has 4 heteroatoms. The number of nitriles is 1. The number of benzene rings is 2. The summed E-state index contributed by atoms with van der Waals surface area (Å²) < 4.78 is 0. The molecule has 0 amide bonds. The summed E-state index contributed by atoms with van der Waals surface area (Å²) in [4.78, 5) is 19.6. The minimum Gasteiger partial charge on any atom is -0.357 e. The van der Waals surface area contributed by atoms with Gasteiger partial charge in [0.1, 0.15) is 0 Å². The lowest BCUT2D eigenvalue weighted by Gasteiger charge is -2.35. The molecule has 5 rings (SSSR count). The molecule has 158 valence electrons. The number of rotatable bonds is 2. The zero-order chi connectivity index (χ0) is 21.9. The fourth-order valence-electron chi connectivity index (χ4n) is 5.61. The van der Waals surface area contributed by atoms with E-state index in [1.165, 1.54) is 24.0 Å². The lowest BCUT2D eigenvalue weighted by molar-refractivity contribution is 0.103. The largest absolute Gasteiger partial charge is 0.357 e. The van der Waals surface area contributed by atoms with Crippen LogP contribution in [0.2, 0.25) is 0 Å². The Kier molecular flexibility index (Phi) is 4.57. The van der Waals surface area contributed by atoms with Crippen LogP contribution < -0.4 is 0 Å². The Morgan fingerprint density at radius 1 is 1.19 bits per heavy atom. The zero-order valence-corrected chi connectivity index (χ0v) is 18.8. The molecule has 0 atom stereocenters. The summed E-state index contributed by atoms with van der Waals surface area (Å²) in [6.07, 6.45) is 3.28. The number of H-pyrrole nitrogens is 1. The first-order valence-corrected chi connectivity index (χ1v) is 11.3. The van der Waals surface area contributed by atoms with Crippen LogP contribution in [0, 0.1) is 11.3 Å². The molecule has 1 aliphatic heterocycles. The topological polar surface area (TPSA) is 59.9 Å². The number of carbonyl (C=O) groups excluding carboxylic acids is 1. The van der Waals surface area contributed by atoms with E-state index in [2.05, 4.69) is 55.9 Å². The molecule has 0 radical (unpaired) electrons. The van der Waals surface area contributed by atoms with Crippen molar-refractivity contribution in [2.45, 2.75) is 51.4 Å². The maximum atomic E-state index is 13.7. The van der Waals surface area contributed by atoms with Crippen molar-refractivity contribution in [2.75, 3.05) is 20.1 Å². The summed E-state index contributed by atoms with van der Waals surface area (Å²) in [5.41, 5.74) is 7.61. The molecule has 0 saturated carbocycles. The Hall–Kier alpha value is -2.90. The summed E-state index contributed by atoms with van der Waals surface area (Å²) in [7, 11) is 2.20. The van der Waals surface area contributed by atoms with E-state index < -0.39 is 0 Å². The maximum Gasteiger partial charge on any atom is 0.195 e. The Labute approximate surface area is 183 Å². The van der Waals surface area contributed by atoms with Crippen LogP contribution in [0.25, 0.3) is 10.9 Å². The third-order valence-electron chi connectivity index (χ3n) is 7.52. The molecule has 0 unspecified atom stereocenters. The molecule has 31 heavy (non-hydrogen) atoms. The van der Waals surface area contributed by atoms with Crippen molar-refractivity contribution in [3.05, 3.63) is 69.4 Å². The van der Waals surface area contributed by atoms with Crippen LogP contribution in [-0.2, 0) is 11.8 Å². The number of hydrogen-bond acceptors (Lipinski definition) is 3. The van der Waals surface area contributed by atoms with Crippen LogP contribution in [0.1, 0.15) is 83.4 Å². The standard InChI is InChI=1S/C27H29N3O/c1-5-17-13-21-22(14-20(17)18-8-10-30(4)11-9-18)27(2,3)26-24(25(21)31)19-7-6-16(15-28)12-23(19)29-26/h6-7,12-14,18,29H,5,8-11H2,1-4H3. The minimum atomic E-state index is -0.309. The Bertz CT molecular complexity index is 1250. The summed E-state index contributed by atoms with van der Waals surface area (Å²) in [5, 5.41) is 10.2. The molecule has 1 aliphatic carbocycles. The summed E-state index contributed by atoms with van der Waals surface area (Å²) >= 11 is 0. The fourth-order valence-corrected chi connectivity index (χ4v) is 5.61. The van der Waals surface area contributed by atoms with Crippen molar-refractivity contribution in [3.8, 4) is 6.07 Å². The Morgan fingerprint density at radius 3 is 2.61 bits per heavy atom. The highest BCUT2D eigenvalue weighted by Gasteiger charge is 2.40. The monoisotopic (exact) mass is 411 g/mol. The van der Waals surface area contributed by atoms with Gasteiger partial charge >= 0.3 is 0 Å². The van der Waals surface area contributed by atoms with E-state index >= 15 is 0 Å². The van der Waals surface area contributed by atoms with Crippen LogP contribution in [0.15, 0.2) is 30.3 Å². The number of nitrogens with zero attached hydrogens (tertiary/aromatic N) is 2. The second-order valence-electron chi connectivity index (χ2n) is 9.73. The van der Waals surface area contributed by atoms with Crippen LogP contribution in [-0.4, -0.2) is 35.8 Å². The maximum absolute atomic E-state index is 13.7. The lowest BCUT2D eigenvalue weighted by atomic mass is 9.69. The average Bonchev–Trinajstić information content (AvgIpc) is 3.17. The molecule has 0 bridgehead atoms. The van der Waals surface area contributed by atoms with Gasteiger partial charge in [-0.1, -0.05) is 32.9 Å². The van der Waals surface area contributed by atoms with E-state index in [1.807, 2.05) is 12.1 Å². The lowest BCUT2D eigenvalue weighted by Crippen LogP contribution is -2.32. The van der Waals surface area contributed by atoms with Gasteiger partial charge in [0.25, 0.3) is 0 Å². The number of hydrogen-bond donors (Lipinski definition) is 1. The molecule has 1 N–H and O–H groups in total. The van der Waals surface area contributed by atoms with Gasteiger partial charge in [0, 0.05) is 27.6 Å². The first-order chi connectivity index (χ1) is 14.8. The SMILES string of the molecule is CCc1cc2c(cc1C1CCN(C)CC1)C(C)(C)c1[nH]c3cc(C#N)ccc3c1C2=O. The molecule has 2 heterocycles. The molecule has 2 aromatic carbocycles. The number of aryl methyl sites for hydroxylation is 1. The molecule has 4 nitrogen and oxygen atoms in total. The fraction of sp³-hybridized carbons (Fsp3) is 0.407. The second kappa shape index (κ2) is 7.07. The molecular formula is C27H29N3O. The van der Waals surface area contributed by atoms with E-state index in [0.29, 0.717) is 11.5 Å². The summed E-state index contributed by atoms with van der Waals surface area (Å²) in [6, 6.07) is 12.3. The number of aromatic amines is 1. The molecule has 3 aromatic rings. The third kappa shape index (κ3) is 2.95. The van der Waals surface area contributed by atoms with Crippen LogP contribution in [0.4, 0.5) is 0 Å². The number of aromatic nitrogens is 1. The number of likely N-dealkylation sites (tertiary alicyclic amines) is 1. The van der Waals surface area contributed by atoms with Crippen molar-refractivity contribution >= 4 is 16.7 Å². The molecular weight excluding hydrogens is 382 g/mol. The quantitative estimate of drug-likeness (QED) is 0.624. The highest BCUT2D eigenvalue weighted by atomic mass is 16.1. The number of ketones is 1. The number of carbonyl (C=O) groups is 1. The smallest absolute Gasteiger partial charge is 0.195 e. The first-order valence-electron chi connectivity index (χ1n) is 11.3. The van der Waals surface area contributed by atoms with Gasteiger partial charge < -0.3 is 9.88 Å². The Balaban J connectivity index is 1.70. The van der Waals surface area contributed by atoms with Gasteiger partial charge in [-0.3, -0.25) is 4.79 Å². The van der Waals surface area contributed by atoms with Gasteiger partial charge in [0.2, 0.25) is 0 Å². The van der Waals surface area contributed by atoms with Crippen LogP contribution >= 0.6 is 0 Å². The number of piperidine rings is 1. The summed E-state index contributed by atoms with van der Waals surface area (Å²) in [5.74, 6) is 0.662. The molecule has 0 spiro atoms. The highest BCUT2D eigenvalue weighted by molar-refractivity contribution is 6.20. The van der Waals surface area contributed by atoms with Crippen molar-refractivity contribution in [2.24, 2.45) is 0 Å². The zero-order valence-electron chi connectivity index (χ0n) is 18.8. The molecule has 1 aromatic heterocycles. The second-order valence-corrected chi connectivity index (χ2v) is 9.73. The normalized spacial score (nSPS) is 18.6. The molecule has 2 aliphatic rings. The van der Waals surface area contributed by atoms with Crippen LogP contribution in [0.3, 0.4) is 0 Å². The number of nitrogens with one attached hydrogen (secondary N) is 1. The van der Waals surface area contributed by atoms with Crippen molar-refractivity contribution < 1.29 is 4.79 Å². The van der Waals surface area contributed by atoms with E-state index in [-0.39, 0.29) is 11.2 Å².